The molecule has 2 unspecified atom stereocenters. The van der Waals surface area contributed by atoms with Crippen molar-refractivity contribution < 1.29 is 14.6 Å². The SMILES string of the molecule is N#Cc1ccc(NCC(O)COCC2CCCO2)cc1. The fourth-order valence-electron chi connectivity index (χ4n) is 2.07. The molecule has 0 aromatic heterocycles. The first-order chi connectivity index (χ1) is 9.78. The van der Waals surface area contributed by atoms with Crippen LogP contribution in [0.25, 0.3) is 0 Å². The average Bonchev–Trinajstić information content (AvgIpc) is 2.99. The van der Waals surface area contributed by atoms with Crippen LogP contribution in [0.1, 0.15) is 18.4 Å². The lowest BCUT2D eigenvalue weighted by Crippen LogP contribution is -2.27. The third kappa shape index (κ3) is 4.82. The highest BCUT2D eigenvalue weighted by atomic mass is 16.5. The third-order valence-corrected chi connectivity index (χ3v) is 3.19. The van der Waals surface area contributed by atoms with Gasteiger partial charge in [0, 0.05) is 18.8 Å². The molecule has 2 N–H and O–H groups in total. The van der Waals surface area contributed by atoms with Gasteiger partial charge in [-0.3, -0.25) is 0 Å². The molecule has 2 rings (SSSR count). The number of aliphatic hydroxyl groups excluding tert-OH is 1. The van der Waals surface area contributed by atoms with Gasteiger partial charge < -0.3 is 19.9 Å². The Morgan fingerprint density at radius 1 is 1.45 bits per heavy atom. The summed E-state index contributed by atoms with van der Waals surface area (Å²) in [7, 11) is 0. The Bertz CT molecular complexity index is 435. The van der Waals surface area contributed by atoms with Crippen molar-refractivity contribution >= 4 is 5.69 Å². The summed E-state index contributed by atoms with van der Waals surface area (Å²) in [6.45, 7) is 2.07. The van der Waals surface area contributed by atoms with Crippen molar-refractivity contribution in [1.29, 1.82) is 5.26 Å². The average molecular weight is 276 g/mol. The van der Waals surface area contributed by atoms with Gasteiger partial charge in [0.25, 0.3) is 0 Å². The lowest BCUT2D eigenvalue weighted by Gasteiger charge is -2.15. The van der Waals surface area contributed by atoms with Gasteiger partial charge >= 0.3 is 0 Å². The molecule has 0 amide bonds. The predicted octanol–water partition coefficient (Wildman–Crippen LogP) is 1.53. The zero-order valence-corrected chi connectivity index (χ0v) is 11.4. The van der Waals surface area contributed by atoms with Crippen LogP contribution in [0.3, 0.4) is 0 Å². The van der Waals surface area contributed by atoms with Crippen LogP contribution in [0, 0.1) is 11.3 Å². The van der Waals surface area contributed by atoms with Gasteiger partial charge in [-0.2, -0.15) is 5.26 Å². The second-order valence-corrected chi connectivity index (χ2v) is 4.90. The van der Waals surface area contributed by atoms with Crippen molar-refractivity contribution in [3.63, 3.8) is 0 Å². The van der Waals surface area contributed by atoms with E-state index in [1.807, 2.05) is 12.1 Å². The van der Waals surface area contributed by atoms with Crippen molar-refractivity contribution in [1.82, 2.24) is 0 Å². The molecule has 2 atom stereocenters. The molecule has 20 heavy (non-hydrogen) atoms. The van der Waals surface area contributed by atoms with Crippen LogP contribution in [0.5, 0.6) is 0 Å². The minimum Gasteiger partial charge on any atom is -0.389 e. The summed E-state index contributed by atoms with van der Waals surface area (Å²) in [5.74, 6) is 0. The lowest BCUT2D eigenvalue weighted by molar-refractivity contribution is -0.0137. The van der Waals surface area contributed by atoms with E-state index in [9.17, 15) is 5.11 Å². The standard InChI is InChI=1S/C15H20N2O3/c16-8-12-3-5-13(6-4-12)17-9-14(18)10-19-11-15-2-1-7-20-15/h3-6,14-15,17-18H,1-2,7,9-11H2. The summed E-state index contributed by atoms with van der Waals surface area (Å²) in [6.07, 6.45) is 1.76. The molecule has 0 aliphatic carbocycles. The maximum atomic E-state index is 9.80. The first-order valence-corrected chi connectivity index (χ1v) is 6.89. The van der Waals surface area contributed by atoms with Crippen LogP contribution >= 0.6 is 0 Å². The number of nitriles is 1. The summed E-state index contributed by atoms with van der Waals surface area (Å²) in [6, 6.07) is 9.18. The highest BCUT2D eigenvalue weighted by Gasteiger charge is 2.16. The zero-order valence-electron chi connectivity index (χ0n) is 11.4. The maximum Gasteiger partial charge on any atom is 0.0991 e. The third-order valence-electron chi connectivity index (χ3n) is 3.19. The molecule has 1 aliphatic rings. The van der Waals surface area contributed by atoms with E-state index in [4.69, 9.17) is 14.7 Å². The number of nitrogens with one attached hydrogen (secondary N) is 1. The van der Waals surface area contributed by atoms with E-state index >= 15 is 0 Å². The second-order valence-electron chi connectivity index (χ2n) is 4.90. The van der Waals surface area contributed by atoms with E-state index in [0.29, 0.717) is 25.3 Å². The summed E-state index contributed by atoms with van der Waals surface area (Å²) in [5, 5.41) is 21.6. The zero-order chi connectivity index (χ0) is 14.2. The van der Waals surface area contributed by atoms with E-state index in [1.165, 1.54) is 0 Å². The Kier molecular flexibility index (Phi) is 5.81. The Hall–Kier alpha value is -1.61. The van der Waals surface area contributed by atoms with Crippen molar-refractivity contribution in [3.8, 4) is 6.07 Å². The summed E-state index contributed by atoms with van der Waals surface area (Å²) >= 11 is 0. The van der Waals surface area contributed by atoms with E-state index in [0.717, 1.165) is 25.1 Å². The number of aliphatic hydroxyl groups is 1. The monoisotopic (exact) mass is 276 g/mol. The van der Waals surface area contributed by atoms with Crippen molar-refractivity contribution in [2.45, 2.75) is 25.0 Å². The molecule has 0 spiro atoms. The first-order valence-electron chi connectivity index (χ1n) is 6.89. The maximum absolute atomic E-state index is 9.80. The summed E-state index contributed by atoms with van der Waals surface area (Å²) in [4.78, 5) is 0. The number of anilines is 1. The van der Waals surface area contributed by atoms with Crippen LogP contribution in [0.15, 0.2) is 24.3 Å². The van der Waals surface area contributed by atoms with Crippen LogP contribution in [-0.4, -0.2) is 43.7 Å². The van der Waals surface area contributed by atoms with Crippen molar-refractivity contribution in [2.75, 3.05) is 31.7 Å². The molecule has 5 nitrogen and oxygen atoms in total. The van der Waals surface area contributed by atoms with E-state index in [2.05, 4.69) is 11.4 Å². The highest BCUT2D eigenvalue weighted by molar-refractivity contribution is 5.47. The molecular weight excluding hydrogens is 256 g/mol. The second kappa shape index (κ2) is 7.85. The van der Waals surface area contributed by atoms with Crippen LogP contribution in [0.4, 0.5) is 5.69 Å². The minimum absolute atomic E-state index is 0.189. The van der Waals surface area contributed by atoms with Gasteiger partial charge in [-0.15, -0.1) is 0 Å². The van der Waals surface area contributed by atoms with E-state index < -0.39 is 6.10 Å². The van der Waals surface area contributed by atoms with Gasteiger partial charge in [0.2, 0.25) is 0 Å². The van der Waals surface area contributed by atoms with Gasteiger partial charge in [-0.05, 0) is 37.1 Å². The molecule has 1 saturated heterocycles. The molecule has 1 aliphatic heterocycles. The van der Waals surface area contributed by atoms with E-state index in [-0.39, 0.29) is 6.10 Å². The van der Waals surface area contributed by atoms with Gasteiger partial charge in [-0.1, -0.05) is 0 Å². The fourth-order valence-corrected chi connectivity index (χ4v) is 2.07. The van der Waals surface area contributed by atoms with Crippen molar-refractivity contribution in [2.24, 2.45) is 0 Å². The van der Waals surface area contributed by atoms with Crippen molar-refractivity contribution in [3.05, 3.63) is 29.8 Å². The Morgan fingerprint density at radius 2 is 2.25 bits per heavy atom. The highest BCUT2D eigenvalue weighted by Crippen LogP contribution is 2.12. The molecule has 0 radical (unpaired) electrons. The predicted molar refractivity (Wildman–Crippen MR) is 75.4 cm³/mol. The Balaban J connectivity index is 1.61. The topological polar surface area (TPSA) is 74.5 Å². The molecule has 108 valence electrons. The lowest BCUT2D eigenvalue weighted by atomic mass is 10.2. The summed E-state index contributed by atoms with van der Waals surface area (Å²) < 4.78 is 10.9. The molecule has 1 heterocycles. The van der Waals surface area contributed by atoms with Crippen LogP contribution in [0.2, 0.25) is 0 Å². The molecular formula is C15H20N2O3. The van der Waals surface area contributed by atoms with Gasteiger partial charge in [0.1, 0.15) is 0 Å². The smallest absolute Gasteiger partial charge is 0.0991 e. The number of ether oxygens (including phenoxy) is 2. The Labute approximate surface area is 119 Å². The van der Waals surface area contributed by atoms with Crippen LogP contribution < -0.4 is 5.32 Å². The normalized spacial score (nSPS) is 19.5. The first kappa shape index (κ1) is 14.8. The number of hydrogen-bond acceptors (Lipinski definition) is 5. The Morgan fingerprint density at radius 3 is 2.90 bits per heavy atom. The largest absolute Gasteiger partial charge is 0.389 e. The van der Waals surface area contributed by atoms with E-state index in [1.54, 1.807) is 12.1 Å². The summed E-state index contributed by atoms with van der Waals surface area (Å²) in [5.41, 5.74) is 1.50. The van der Waals surface area contributed by atoms with Gasteiger partial charge in [-0.25, -0.2) is 0 Å². The van der Waals surface area contributed by atoms with Gasteiger partial charge in [0.05, 0.1) is 37.1 Å². The fraction of sp³-hybridized carbons (Fsp3) is 0.533. The quantitative estimate of drug-likeness (QED) is 0.790. The molecule has 1 aromatic rings. The number of benzene rings is 1. The van der Waals surface area contributed by atoms with Gasteiger partial charge in [0.15, 0.2) is 0 Å². The molecule has 5 heteroatoms. The number of rotatable bonds is 7. The molecule has 1 aromatic carbocycles. The number of nitrogens with zero attached hydrogens (tertiary/aromatic N) is 1. The molecule has 0 saturated carbocycles. The molecule has 1 fully saturated rings. The minimum atomic E-state index is -0.563. The molecule has 0 bridgehead atoms. The van der Waals surface area contributed by atoms with Crippen LogP contribution in [-0.2, 0) is 9.47 Å². The number of hydrogen-bond donors (Lipinski definition) is 2.